The molecule has 4 saturated heterocycles. The number of nitrogens with one attached hydrogen (secondary N) is 2. The van der Waals surface area contributed by atoms with E-state index in [0.29, 0.717) is 68.3 Å². The van der Waals surface area contributed by atoms with E-state index in [2.05, 4.69) is 30.2 Å². The fourth-order valence-electron chi connectivity index (χ4n) is 11.3. The lowest BCUT2D eigenvalue weighted by Crippen LogP contribution is -2.57. The molecule has 1 aromatic heterocycles. The Morgan fingerprint density at radius 2 is 1.50 bits per heavy atom. The molecule has 4 aromatic rings. The fraction of sp³-hybridized carbons (Fsp3) is 0.545. The van der Waals surface area contributed by atoms with Crippen LogP contribution in [0.1, 0.15) is 101 Å². The van der Waals surface area contributed by atoms with E-state index in [1.807, 2.05) is 53.2 Å². The van der Waals surface area contributed by atoms with Crippen LogP contribution >= 0.6 is 11.6 Å². The summed E-state index contributed by atoms with van der Waals surface area (Å²) in [7, 11) is 2.00. The maximum atomic E-state index is 14.4. The molecule has 0 bridgehead atoms. The van der Waals surface area contributed by atoms with Crippen molar-refractivity contribution in [1.82, 2.24) is 44.9 Å². The van der Waals surface area contributed by atoms with Gasteiger partial charge in [0.2, 0.25) is 11.8 Å². The van der Waals surface area contributed by atoms with Gasteiger partial charge >= 0.3 is 0 Å². The number of likely N-dealkylation sites (N-methyl/N-ethyl adjacent to an activating group) is 1. The molecule has 1 aliphatic carbocycles. The first-order chi connectivity index (χ1) is 35.0. The quantitative estimate of drug-likeness (QED) is 0.131. The number of alkyl halides is 1. The standard InChI is InChI=1S/C34H50ClN5O4.C21H21FN4O2/c35-23-31(42)40-13-5-10-30(25-40)28-8-4-9-29(22-28)33(43)36-32(27-6-2-1-3-7-27)34(44)39-18-16-38(17-19-39)24-26-11-14-37(15-12-26)20-21-41;1-25-8-10-26(11-9-25)21(28)17-12-14(6-7-18(17)22)13-19-15-4-2-3-5-16(15)20(27)24-23-19/h4,8-9,21-22,26-27,30,32H,1-3,5-7,10-20,23-25H2,(H,36,43);2-7,12H,8-11,13H2,1H3,(H,24,27). The number of aldehydes is 1. The number of fused-ring (bicyclic) bond motifs is 1. The molecule has 3 aromatic carbocycles. The molecule has 0 radical (unpaired) electrons. The van der Waals surface area contributed by atoms with E-state index < -0.39 is 11.9 Å². The number of hydrogen-bond acceptors (Lipinski definition) is 10. The van der Waals surface area contributed by atoms with Crippen molar-refractivity contribution in [2.75, 3.05) is 105 Å². The molecule has 15 nitrogen and oxygen atoms in total. The van der Waals surface area contributed by atoms with E-state index in [9.17, 15) is 33.2 Å². The molecule has 0 spiro atoms. The van der Waals surface area contributed by atoms with Crippen molar-refractivity contribution in [3.63, 3.8) is 0 Å². The van der Waals surface area contributed by atoms with Crippen LogP contribution in [0.3, 0.4) is 0 Å². The minimum Gasteiger partial charge on any atom is -0.341 e. The van der Waals surface area contributed by atoms with Crippen LogP contribution in [-0.2, 0) is 20.8 Å². The van der Waals surface area contributed by atoms with Gasteiger partial charge in [-0.05, 0) is 112 Å². The summed E-state index contributed by atoms with van der Waals surface area (Å²) in [5.74, 6) is -0.0294. The van der Waals surface area contributed by atoms with Gasteiger partial charge in [-0.15, -0.1) is 11.6 Å². The van der Waals surface area contributed by atoms with Gasteiger partial charge in [0.15, 0.2) is 0 Å². The first kappa shape index (κ1) is 52.8. The summed E-state index contributed by atoms with van der Waals surface area (Å²) in [4.78, 5) is 87.8. The van der Waals surface area contributed by atoms with Crippen LogP contribution in [0.4, 0.5) is 4.39 Å². The third kappa shape index (κ3) is 13.5. The molecule has 2 N–H and O–H groups in total. The topological polar surface area (TPSA) is 163 Å². The Hall–Kier alpha value is -5.55. The normalized spacial score (nSPS) is 20.4. The second kappa shape index (κ2) is 25.4. The average molecular weight is 1010 g/mol. The van der Waals surface area contributed by atoms with Crippen LogP contribution in [0.2, 0.25) is 0 Å². The van der Waals surface area contributed by atoms with E-state index in [4.69, 9.17) is 11.6 Å². The molecule has 9 rings (SSSR count). The van der Waals surface area contributed by atoms with Gasteiger partial charge in [-0.25, -0.2) is 9.49 Å². The molecule has 4 amide bonds. The second-order valence-electron chi connectivity index (χ2n) is 20.5. The van der Waals surface area contributed by atoms with Crippen LogP contribution in [0.5, 0.6) is 0 Å². The summed E-state index contributed by atoms with van der Waals surface area (Å²) in [6, 6.07) is 19.0. The predicted octanol–water partition coefficient (Wildman–Crippen LogP) is 5.41. The third-order valence-corrected chi connectivity index (χ3v) is 15.8. The maximum Gasteiger partial charge on any atom is 0.272 e. The molecule has 1 saturated carbocycles. The Kier molecular flexibility index (Phi) is 18.6. The number of rotatable bonds is 13. The average Bonchev–Trinajstić information content (AvgIpc) is 3.42. The second-order valence-corrected chi connectivity index (χ2v) is 20.7. The van der Waals surface area contributed by atoms with Crippen molar-refractivity contribution in [2.24, 2.45) is 11.8 Å². The van der Waals surface area contributed by atoms with Crippen molar-refractivity contribution in [3.8, 4) is 0 Å². The number of benzene rings is 3. The summed E-state index contributed by atoms with van der Waals surface area (Å²) in [6.45, 7) is 10.7. The van der Waals surface area contributed by atoms with Crippen molar-refractivity contribution < 1.29 is 28.4 Å². The molecular formula is C55H71ClFN9O6. The highest BCUT2D eigenvalue weighted by atomic mass is 35.5. The highest BCUT2D eigenvalue weighted by molar-refractivity contribution is 6.27. The van der Waals surface area contributed by atoms with Gasteiger partial charge in [0.1, 0.15) is 24.0 Å². The van der Waals surface area contributed by atoms with Gasteiger partial charge in [0.25, 0.3) is 17.4 Å². The molecular weight excluding hydrogens is 937 g/mol. The first-order valence-corrected chi connectivity index (χ1v) is 26.7. The van der Waals surface area contributed by atoms with Gasteiger partial charge in [-0.2, -0.15) is 5.10 Å². The number of nitrogens with zero attached hydrogens (tertiary/aromatic N) is 7. The Labute approximate surface area is 427 Å². The number of carbonyl (C=O) groups is 5. The third-order valence-electron chi connectivity index (χ3n) is 15.6. The molecule has 72 heavy (non-hydrogen) atoms. The van der Waals surface area contributed by atoms with E-state index in [1.54, 1.807) is 29.2 Å². The largest absolute Gasteiger partial charge is 0.341 e. The van der Waals surface area contributed by atoms with Gasteiger partial charge in [0, 0.05) is 95.3 Å². The van der Waals surface area contributed by atoms with Crippen LogP contribution in [0.15, 0.2) is 71.5 Å². The zero-order chi connectivity index (χ0) is 50.6. The lowest BCUT2D eigenvalue weighted by molar-refractivity contribution is -0.137. The molecule has 5 fully saturated rings. The highest BCUT2D eigenvalue weighted by Crippen LogP contribution is 2.30. The summed E-state index contributed by atoms with van der Waals surface area (Å²) in [5, 5.41) is 11.2. The van der Waals surface area contributed by atoms with Crippen molar-refractivity contribution >= 4 is 52.3 Å². The number of likely N-dealkylation sites (tertiary alicyclic amines) is 2. The highest BCUT2D eigenvalue weighted by Gasteiger charge is 2.36. The molecule has 386 valence electrons. The number of aromatic nitrogens is 2. The zero-order valence-electron chi connectivity index (χ0n) is 41.8. The van der Waals surface area contributed by atoms with E-state index >= 15 is 0 Å². The summed E-state index contributed by atoms with van der Waals surface area (Å²) < 4.78 is 14.4. The summed E-state index contributed by atoms with van der Waals surface area (Å²) in [6.07, 6.45) is 10.8. The van der Waals surface area contributed by atoms with E-state index in [-0.39, 0.29) is 52.5 Å². The number of H-pyrrole nitrogens is 1. The number of piperazine rings is 2. The molecule has 2 unspecified atom stereocenters. The molecule has 4 aliphatic heterocycles. The Morgan fingerprint density at radius 3 is 2.22 bits per heavy atom. The lowest BCUT2D eigenvalue weighted by Gasteiger charge is -2.40. The van der Waals surface area contributed by atoms with Gasteiger partial charge in [-0.1, -0.05) is 55.7 Å². The van der Waals surface area contributed by atoms with Crippen LogP contribution < -0.4 is 10.9 Å². The molecule has 17 heteroatoms. The van der Waals surface area contributed by atoms with Gasteiger partial charge in [0.05, 0.1) is 23.2 Å². The first-order valence-electron chi connectivity index (χ1n) is 26.1. The SMILES string of the molecule is CN1CCN(C(=O)c2cc(Cc3n[nH]c(=O)c4ccccc34)ccc2F)CC1.O=CCN1CCC(CN2CCN(C(=O)C(NC(=O)c3cccc(C4CCCN(C(=O)CCl)C4)c3)C3CCCCC3)CC2)CC1. The van der Waals surface area contributed by atoms with Crippen LogP contribution in [-0.4, -0.2) is 180 Å². The minimum atomic E-state index is -0.521. The monoisotopic (exact) mass is 1010 g/mol. The molecule has 5 aliphatic rings. The number of amides is 4. The van der Waals surface area contributed by atoms with Crippen molar-refractivity contribution in [2.45, 2.75) is 76.2 Å². The molecule has 2 atom stereocenters. The summed E-state index contributed by atoms with van der Waals surface area (Å²) in [5.41, 5.74) is 2.90. The van der Waals surface area contributed by atoms with E-state index in [0.717, 1.165) is 127 Å². The number of halogens is 2. The Morgan fingerprint density at radius 1 is 0.778 bits per heavy atom. The van der Waals surface area contributed by atoms with Gasteiger partial charge in [-0.3, -0.25) is 33.8 Å². The van der Waals surface area contributed by atoms with Gasteiger partial charge < -0.3 is 29.7 Å². The van der Waals surface area contributed by atoms with Crippen LogP contribution in [0, 0.1) is 17.7 Å². The number of aromatic amines is 1. The van der Waals surface area contributed by atoms with Crippen LogP contribution in [0.25, 0.3) is 10.8 Å². The Balaban J connectivity index is 0.000000212. The molecule has 5 heterocycles. The summed E-state index contributed by atoms with van der Waals surface area (Å²) >= 11 is 5.81. The smallest absolute Gasteiger partial charge is 0.272 e. The lowest BCUT2D eigenvalue weighted by atomic mass is 9.83. The number of hydrogen-bond donors (Lipinski definition) is 2. The number of carbonyl (C=O) groups excluding carboxylic acids is 5. The zero-order valence-corrected chi connectivity index (χ0v) is 42.5. The number of piperidine rings is 2. The minimum absolute atomic E-state index is 0.0103. The predicted molar refractivity (Wildman–Crippen MR) is 277 cm³/mol. The van der Waals surface area contributed by atoms with Crippen molar-refractivity contribution in [3.05, 3.63) is 111 Å². The fourth-order valence-corrected chi connectivity index (χ4v) is 11.4. The Bertz CT molecular complexity index is 2570. The maximum absolute atomic E-state index is 14.4. The van der Waals surface area contributed by atoms with E-state index in [1.165, 1.54) is 12.5 Å². The van der Waals surface area contributed by atoms with Crippen molar-refractivity contribution in [1.29, 1.82) is 0 Å².